The van der Waals surface area contributed by atoms with Crippen LogP contribution in [0.2, 0.25) is 5.15 Å². The Morgan fingerprint density at radius 1 is 1.29 bits per heavy atom. The maximum Gasteiger partial charge on any atom is 0.259 e. The molecule has 0 atom stereocenters. The van der Waals surface area contributed by atoms with Crippen LogP contribution < -0.4 is 5.32 Å². The van der Waals surface area contributed by atoms with Crippen molar-refractivity contribution in [2.45, 2.75) is 32.6 Å². The fourth-order valence-electron chi connectivity index (χ4n) is 2.50. The minimum absolute atomic E-state index is 0.0630. The van der Waals surface area contributed by atoms with Crippen molar-refractivity contribution in [2.24, 2.45) is 0 Å². The van der Waals surface area contributed by atoms with E-state index >= 15 is 0 Å². The van der Waals surface area contributed by atoms with Crippen LogP contribution in [-0.2, 0) is 17.6 Å². The van der Waals surface area contributed by atoms with E-state index in [1.54, 1.807) is 12.3 Å². The zero-order valence-corrected chi connectivity index (χ0v) is 16.3. The van der Waals surface area contributed by atoms with Crippen LogP contribution in [0.15, 0.2) is 30.5 Å². The molecule has 2 aromatic rings. The summed E-state index contributed by atoms with van der Waals surface area (Å²) in [6, 6.07) is 4.87. The summed E-state index contributed by atoms with van der Waals surface area (Å²) < 4.78 is 31.9. The van der Waals surface area contributed by atoms with Crippen LogP contribution in [0.4, 0.5) is 8.78 Å². The Labute approximate surface area is 167 Å². The van der Waals surface area contributed by atoms with Gasteiger partial charge in [0.2, 0.25) is 0 Å². The monoisotopic (exact) mass is 409 g/mol. The highest BCUT2D eigenvalue weighted by molar-refractivity contribution is 6.33. The Bertz CT molecular complexity index is 846. The smallest absolute Gasteiger partial charge is 0.259 e. The van der Waals surface area contributed by atoms with Crippen molar-refractivity contribution >= 4 is 23.3 Å². The van der Waals surface area contributed by atoms with Gasteiger partial charge in [-0.3, -0.25) is 10.2 Å². The quantitative estimate of drug-likeness (QED) is 0.280. The molecule has 150 valence electrons. The van der Waals surface area contributed by atoms with Gasteiger partial charge in [0.25, 0.3) is 5.91 Å². The van der Waals surface area contributed by atoms with Crippen LogP contribution in [0, 0.1) is 17.0 Å². The number of nitrogens with one attached hydrogen (secondary N) is 2. The van der Waals surface area contributed by atoms with E-state index in [1.807, 2.05) is 0 Å². The summed E-state index contributed by atoms with van der Waals surface area (Å²) in [5.41, 5.74) is 1.29. The average molecular weight is 410 g/mol. The predicted molar refractivity (Wildman–Crippen MR) is 104 cm³/mol. The molecule has 0 unspecified atom stereocenters. The lowest BCUT2D eigenvalue weighted by Gasteiger charge is -2.10. The fraction of sp³-hybridized carbons (Fsp3) is 0.350. The number of benzene rings is 1. The maximum absolute atomic E-state index is 13.5. The van der Waals surface area contributed by atoms with Gasteiger partial charge in [0.1, 0.15) is 29.2 Å². The van der Waals surface area contributed by atoms with E-state index < -0.39 is 17.5 Å². The number of aromatic nitrogens is 1. The van der Waals surface area contributed by atoms with E-state index in [4.69, 9.17) is 21.7 Å². The Morgan fingerprint density at radius 3 is 2.82 bits per heavy atom. The topological polar surface area (TPSA) is 75.1 Å². The number of pyridine rings is 1. The molecule has 0 saturated heterocycles. The van der Waals surface area contributed by atoms with Gasteiger partial charge in [-0.2, -0.15) is 0 Å². The van der Waals surface area contributed by atoms with Crippen molar-refractivity contribution in [1.29, 1.82) is 5.41 Å². The number of hydrogen-bond donors (Lipinski definition) is 2. The second kappa shape index (κ2) is 10.8. The summed E-state index contributed by atoms with van der Waals surface area (Å²) >= 11 is 5.99. The number of halogens is 3. The van der Waals surface area contributed by atoms with Crippen LogP contribution in [-0.4, -0.2) is 29.9 Å². The second-order valence-electron chi connectivity index (χ2n) is 6.26. The predicted octanol–water partition coefficient (Wildman–Crippen LogP) is 4.32. The van der Waals surface area contributed by atoms with Gasteiger partial charge in [-0.15, -0.1) is 0 Å². The van der Waals surface area contributed by atoms with E-state index in [-0.39, 0.29) is 41.8 Å². The molecular weight excluding hydrogens is 388 g/mol. The lowest BCUT2D eigenvalue weighted by atomic mass is 10.1. The summed E-state index contributed by atoms with van der Waals surface area (Å²) in [5, 5.41) is 10.3. The SMILES string of the molecule is CCCCc1cnc(Cl)c(C(=O)NC(=N)COCCc2cc(F)ccc2F)c1. The van der Waals surface area contributed by atoms with Gasteiger partial charge >= 0.3 is 0 Å². The number of amidine groups is 1. The largest absolute Gasteiger partial charge is 0.373 e. The molecule has 8 heteroatoms. The van der Waals surface area contributed by atoms with Crippen molar-refractivity contribution in [3.05, 3.63) is 63.9 Å². The van der Waals surface area contributed by atoms with Crippen molar-refractivity contribution in [3.8, 4) is 0 Å². The van der Waals surface area contributed by atoms with Crippen molar-refractivity contribution in [1.82, 2.24) is 10.3 Å². The van der Waals surface area contributed by atoms with E-state index in [1.165, 1.54) is 0 Å². The molecular formula is C20H22ClF2N3O2. The highest BCUT2D eigenvalue weighted by Gasteiger charge is 2.14. The van der Waals surface area contributed by atoms with Gasteiger partial charge in [-0.05, 0) is 54.7 Å². The number of rotatable bonds is 9. The molecule has 28 heavy (non-hydrogen) atoms. The summed E-state index contributed by atoms with van der Waals surface area (Å²) in [5.74, 6) is -1.75. The minimum atomic E-state index is -0.541. The standard InChI is InChI=1S/C20H22ClF2N3O2/c1-2-3-4-13-9-16(19(21)25-11-13)20(27)26-18(24)12-28-8-7-14-10-15(22)5-6-17(14)23/h5-6,9-11H,2-4,7-8,12H2,1H3,(H2,24,26,27). The Hall–Kier alpha value is -2.38. The Balaban J connectivity index is 1.82. The molecule has 0 saturated carbocycles. The molecule has 0 aliphatic heterocycles. The van der Waals surface area contributed by atoms with Crippen LogP contribution in [0.5, 0.6) is 0 Å². The molecule has 0 spiro atoms. The lowest BCUT2D eigenvalue weighted by molar-refractivity contribution is 0.0970. The average Bonchev–Trinajstić information content (AvgIpc) is 2.67. The molecule has 1 aromatic carbocycles. The summed E-state index contributed by atoms with van der Waals surface area (Å²) in [6.07, 6.45) is 4.57. The molecule has 1 heterocycles. The summed E-state index contributed by atoms with van der Waals surface area (Å²) in [6.45, 7) is 1.97. The highest BCUT2D eigenvalue weighted by Crippen LogP contribution is 2.16. The van der Waals surface area contributed by atoms with Gasteiger partial charge in [0.05, 0.1) is 12.2 Å². The molecule has 5 nitrogen and oxygen atoms in total. The number of amides is 1. The van der Waals surface area contributed by atoms with E-state index in [0.717, 1.165) is 43.0 Å². The van der Waals surface area contributed by atoms with Crippen LogP contribution >= 0.6 is 11.6 Å². The number of carbonyl (C=O) groups is 1. The molecule has 2 rings (SSSR count). The van der Waals surface area contributed by atoms with Crippen LogP contribution in [0.1, 0.15) is 41.3 Å². The normalized spacial score (nSPS) is 10.7. The van der Waals surface area contributed by atoms with Gasteiger partial charge in [0.15, 0.2) is 0 Å². The number of unbranched alkanes of at least 4 members (excludes halogenated alkanes) is 1. The Morgan fingerprint density at radius 2 is 2.07 bits per heavy atom. The molecule has 0 radical (unpaired) electrons. The third-order valence-corrected chi connectivity index (χ3v) is 4.29. The summed E-state index contributed by atoms with van der Waals surface area (Å²) in [7, 11) is 0. The molecule has 1 aromatic heterocycles. The molecule has 0 fully saturated rings. The molecule has 0 aliphatic rings. The number of aryl methyl sites for hydroxylation is 1. The second-order valence-corrected chi connectivity index (χ2v) is 6.61. The van der Waals surface area contributed by atoms with Crippen LogP contribution in [0.3, 0.4) is 0 Å². The van der Waals surface area contributed by atoms with E-state index in [9.17, 15) is 13.6 Å². The molecule has 2 N–H and O–H groups in total. The lowest BCUT2D eigenvalue weighted by Crippen LogP contribution is -2.33. The Kier molecular flexibility index (Phi) is 8.47. The number of hydrogen-bond acceptors (Lipinski definition) is 4. The van der Waals surface area contributed by atoms with Crippen molar-refractivity contribution in [3.63, 3.8) is 0 Å². The van der Waals surface area contributed by atoms with Crippen molar-refractivity contribution in [2.75, 3.05) is 13.2 Å². The number of carbonyl (C=O) groups excluding carboxylic acids is 1. The summed E-state index contributed by atoms with van der Waals surface area (Å²) in [4.78, 5) is 16.3. The van der Waals surface area contributed by atoms with E-state index in [2.05, 4.69) is 17.2 Å². The van der Waals surface area contributed by atoms with Gasteiger partial charge in [0, 0.05) is 6.20 Å². The minimum Gasteiger partial charge on any atom is -0.373 e. The third-order valence-electron chi connectivity index (χ3n) is 3.99. The molecule has 1 amide bonds. The first-order valence-corrected chi connectivity index (χ1v) is 9.33. The zero-order chi connectivity index (χ0) is 20.5. The molecule has 0 aliphatic carbocycles. The first-order valence-electron chi connectivity index (χ1n) is 8.95. The maximum atomic E-state index is 13.5. The first-order chi connectivity index (χ1) is 13.4. The first kappa shape index (κ1) is 21.9. The third kappa shape index (κ3) is 6.65. The highest BCUT2D eigenvalue weighted by atomic mass is 35.5. The zero-order valence-electron chi connectivity index (χ0n) is 15.5. The number of nitrogens with zero attached hydrogens (tertiary/aromatic N) is 1. The van der Waals surface area contributed by atoms with Gasteiger partial charge in [-0.25, -0.2) is 13.8 Å². The van der Waals surface area contributed by atoms with Gasteiger partial charge < -0.3 is 10.1 Å². The van der Waals surface area contributed by atoms with Crippen LogP contribution in [0.25, 0.3) is 0 Å². The fourth-order valence-corrected chi connectivity index (χ4v) is 2.69. The van der Waals surface area contributed by atoms with Crippen molar-refractivity contribution < 1.29 is 18.3 Å². The van der Waals surface area contributed by atoms with E-state index in [0.29, 0.717) is 0 Å². The van der Waals surface area contributed by atoms with Gasteiger partial charge in [-0.1, -0.05) is 24.9 Å². The number of ether oxygens (including phenoxy) is 1. The molecule has 0 bridgehead atoms.